The molecule has 0 atom stereocenters. The number of hydrogen-bond acceptors (Lipinski definition) is 2. The van der Waals surface area contributed by atoms with Crippen LogP contribution in [0.4, 0.5) is 5.69 Å². The normalized spacial score (nSPS) is 15.3. The number of carbonyl (C=O) groups excluding carboxylic acids is 2. The van der Waals surface area contributed by atoms with Gasteiger partial charge >= 0.3 is 0 Å². The second kappa shape index (κ2) is 3.57. The lowest BCUT2D eigenvalue weighted by molar-refractivity contribution is -0.120. The van der Waals surface area contributed by atoms with Gasteiger partial charge in [0.1, 0.15) is 5.57 Å². The average molecular weight is 202 g/mol. The molecule has 15 heavy (non-hydrogen) atoms. The number of primary amides is 1. The van der Waals surface area contributed by atoms with Gasteiger partial charge in [-0.25, -0.2) is 0 Å². The summed E-state index contributed by atoms with van der Waals surface area (Å²) < 4.78 is 0. The van der Waals surface area contributed by atoms with Crippen LogP contribution in [0.3, 0.4) is 0 Å². The lowest BCUT2D eigenvalue weighted by Crippen LogP contribution is -2.30. The van der Waals surface area contributed by atoms with Gasteiger partial charge in [-0.1, -0.05) is 18.2 Å². The predicted octanol–water partition coefficient (Wildman–Crippen LogP) is 0.445. The Balaban J connectivity index is 2.25. The zero-order valence-corrected chi connectivity index (χ0v) is 8.01. The Bertz CT molecular complexity index is 437. The molecule has 0 unspecified atom stereocenters. The van der Waals surface area contributed by atoms with Crippen LogP contribution in [-0.2, 0) is 9.59 Å². The monoisotopic (exact) mass is 202 g/mol. The standard InChI is InChI=1S/C11H10N2O2/c12-10(14)9-6-7-13(11(9)15)8-4-2-1-3-5-8/h1-6H,7H2,(H2,12,14). The van der Waals surface area contributed by atoms with Crippen LogP contribution in [-0.4, -0.2) is 18.4 Å². The van der Waals surface area contributed by atoms with Crippen molar-refractivity contribution in [2.24, 2.45) is 5.73 Å². The molecule has 1 aromatic carbocycles. The van der Waals surface area contributed by atoms with Crippen LogP contribution in [0.1, 0.15) is 0 Å². The molecular weight excluding hydrogens is 192 g/mol. The summed E-state index contributed by atoms with van der Waals surface area (Å²) in [4.78, 5) is 24.1. The Kier molecular flexibility index (Phi) is 2.25. The molecule has 4 nitrogen and oxygen atoms in total. The van der Waals surface area contributed by atoms with Crippen molar-refractivity contribution in [3.8, 4) is 0 Å². The molecule has 1 aliphatic heterocycles. The maximum atomic E-state index is 11.7. The molecule has 2 amide bonds. The number of anilines is 1. The number of para-hydroxylation sites is 1. The predicted molar refractivity (Wildman–Crippen MR) is 56.1 cm³/mol. The highest BCUT2D eigenvalue weighted by molar-refractivity contribution is 6.25. The Labute approximate surface area is 87.0 Å². The number of nitrogens with two attached hydrogens (primary N) is 1. The summed E-state index contributed by atoms with van der Waals surface area (Å²) in [6.07, 6.45) is 1.55. The van der Waals surface area contributed by atoms with Gasteiger partial charge in [-0.15, -0.1) is 0 Å². The van der Waals surface area contributed by atoms with E-state index in [4.69, 9.17) is 5.73 Å². The SMILES string of the molecule is NC(=O)C1=CCN(c2ccccc2)C1=O. The Morgan fingerprint density at radius 2 is 1.93 bits per heavy atom. The molecule has 0 radical (unpaired) electrons. The topological polar surface area (TPSA) is 63.4 Å². The third kappa shape index (κ3) is 1.61. The van der Waals surface area contributed by atoms with Crippen molar-refractivity contribution in [1.29, 1.82) is 0 Å². The highest BCUT2D eigenvalue weighted by Gasteiger charge is 2.27. The van der Waals surface area contributed by atoms with Gasteiger partial charge in [0.2, 0.25) is 0 Å². The van der Waals surface area contributed by atoms with Gasteiger partial charge in [0, 0.05) is 12.2 Å². The highest BCUT2D eigenvalue weighted by atomic mass is 16.2. The summed E-state index contributed by atoms with van der Waals surface area (Å²) >= 11 is 0. The van der Waals surface area contributed by atoms with Crippen LogP contribution in [0.15, 0.2) is 42.0 Å². The van der Waals surface area contributed by atoms with Crippen LogP contribution in [0, 0.1) is 0 Å². The van der Waals surface area contributed by atoms with Gasteiger partial charge in [0.25, 0.3) is 11.8 Å². The number of carbonyl (C=O) groups is 2. The lowest BCUT2D eigenvalue weighted by atomic mass is 10.2. The zero-order chi connectivity index (χ0) is 10.8. The third-order valence-electron chi connectivity index (χ3n) is 2.29. The minimum atomic E-state index is -0.668. The van der Waals surface area contributed by atoms with Crippen LogP contribution in [0.25, 0.3) is 0 Å². The van der Waals surface area contributed by atoms with Crippen LogP contribution < -0.4 is 10.6 Å². The van der Waals surface area contributed by atoms with Crippen LogP contribution in [0.5, 0.6) is 0 Å². The first-order valence-electron chi connectivity index (χ1n) is 4.57. The van der Waals surface area contributed by atoms with E-state index in [1.54, 1.807) is 6.08 Å². The molecule has 2 rings (SSSR count). The van der Waals surface area contributed by atoms with Gasteiger partial charge in [0.05, 0.1) is 0 Å². The van der Waals surface area contributed by atoms with Crippen LogP contribution in [0.2, 0.25) is 0 Å². The molecule has 1 heterocycles. The van der Waals surface area contributed by atoms with Gasteiger partial charge in [0.15, 0.2) is 0 Å². The molecule has 76 valence electrons. The van der Waals surface area contributed by atoms with E-state index in [0.717, 1.165) is 5.69 Å². The van der Waals surface area contributed by atoms with E-state index in [1.807, 2.05) is 30.3 Å². The molecule has 0 spiro atoms. The lowest BCUT2D eigenvalue weighted by Gasteiger charge is -2.15. The molecule has 1 aliphatic rings. The number of amides is 2. The second-order valence-corrected chi connectivity index (χ2v) is 3.23. The van der Waals surface area contributed by atoms with E-state index < -0.39 is 5.91 Å². The Morgan fingerprint density at radius 1 is 1.27 bits per heavy atom. The summed E-state index contributed by atoms with van der Waals surface area (Å²) in [5.41, 5.74) is 5.92. The summed E-state index contributed by atoms with van der Waals surface area (Å²) in [5.74, 6) is -0.993. The fraction of sp³-hybridized carbons (Fsp3) is 0.0909. The molecule has 0 bridgehead atoms. The summed E-state index contributed by atoms with van der Waals surface area (Å²) in [6, 6.07) is 9.17. The van der Waals surface area contributed by atoms with E-state index in [0.29, 0.717) is 6.54 Å². The van der Waals surface area contributed by atoms with E-state index in [9.17, 15) is 9.59 Å². The van der Waals surface area contributed by atoms with E-state index in [1.165, 1.54) is 4.90 Å². The second-order valence-electron chi connectivity index (χ2n) is 3.23. The molecule has 4 heteroatoms. The third-order valence-corrected chi connectivity index (χ3v) is 2.29. The van der Waals surface area contributed by atoms with Crippen molar-refractivity contribution < 1.29 is 9.59 Å². The van der Waals surface area contributed by atoms with Gasteiger partial charge < -0.3 is 10.6 Å². The van der Waals surface area contributed by atoms with Gasteiger partial charge in [-0.05, 0) is 18.2 Å². The first-order valence-corrected chi connectivity index (χ1v) is 4.57. The molecule has 0 saturated carbocycles. The average Bonchev–Trinajstić information content (AvgIpc) is 2.61. The minimum absolute atomic E-state index is 0.0684. The molecule has 0 aromatic heterocycles. The van der Waals surface area contributed by atoms with Gasteiger partial charge in [-0.3, -0.25) is 9.59 Å². The van der Waals surface area contributed by atoms with Crippen LogP contribution >= 0.6 is 0 Å². The smallest absolute Gasteiger partial charge is 0.263 e. The fourth-order valence-electron chi connectivity index (χ4n) is 1.53. The van der Waals surface area contributed by atoms with Crippen molar-refractivity contribution in [1.82, 2.24) is 0 Å². The van der Waals surface area contributed by atoms with Crippen molar-refractivity contribution in [2.75, 3.05) is 11.4 Å². The van der Waals surface area contributed by atoms with Crippen molar-refractivity contribution in [3.63, 3.8) is 0 Å². The molecule has 0 saturated heterocycles. The van der Waals surface area contributed by atoms with Crippen molar-refractivity contribution in [3.05, 3.63) is 42.0 Å². The summed E-state index contributed by atoms with van der Waals surface area (Å²) in [5, 5.41) is 0. The Morgan fingerprint density at radius 3 is 2.47 bits per heavy atom. The number of nitrogens with zero attached hydrogens (tertiary/aromatic N) is 1. The minimum Gasteiger partial charge on any atom is -0.365 e. The molecule has 1 aromatic rings. The first kappa shape index (κ1) is 9.45. The van der Waals surface area contributed by atoms with E-state index >= 15 is 0 Å². The molecule has 0 fully saturated rings. The largest absolute Gasteiger partial charge is 0.365 e. The van der Waals surface area contributed by atoms with E-state index in [-0.39, 0.29) is 11.5 Å². The first-order chi connectivity index (χ1) is 7.20. The van der Waals surface area contributed by atoms with Crippen molar-refractivity contribution in [2.45, 2.75) is 0 Å². The molecule has 2 N–H and O–H groups in total. The quantitative estimate of drug-likeness (QED) is 0.707. The van der Waals surface area contributed by atoms with E-state index in [2.05, 4.69) is 0 Å². The number of rotatable bonds is 2. The molecular formula is C11H10N2O2. The Hall–Kier alpha value is -2.10. The number of benzene rings is 1. The fourth-order valence-corrected chi connectivity index (χ4v) is 1.53. The zero-order valence-electron chi connectivity index (χ0n) is 8.01. The van der Waals surface area contributed by atoms with Crippen molar-refractivity contribution >= 4 is 17.5 Å². The highest BCUT2D eigenvalue weighted by Crippen LogP contribution is 2.20. The maximum absolute atomic E-state index is 11.7. The maximum Gasteiger partial charge on any atom is 0.263 e. The summed E-state index contributed by atoms with van der Waals surface area (Å²) in [7, 11) is 0. The van der Waals surface area contributed by atoms with Gasteiger partial charge in [-0.2, -0.15) is 0 Å². The summed E-state index contributed by atoms with van der Waals surface area (Å²) in [6.45, 7) is 0.404. The molecule has 0 aliphatic carbocycles. The number of hydrogen-bond donors (Lipinski definition) is 1.